The van der Waals surface area contributed by atoms with Crippen LogP contribution in [0.25, 0.3) is 0 Å². The maximum absolute atomic E-state index is 5.80. The minimum absolute atomic E-state index is 0. The van der Waals surface area contributed by atoms with Gasteiger partial charge in [-0.3, -0.25) is 0 Å². The number of ether oxygens (including phenoxy) is 1. The van der Waals surface area contributed by atoms with Gasteiger partial charge in [-0.2, -0.15) is 0 Å². The highest BCUT2D eigenvalue weighted by molar-refractivity contribution is 14.0. The normalized spacial score (nSPS) is 16.1. The van der Waals surface area contributed by atoms with Crippen LogP contribution in [0, 0.1) is 5.92 Å². The van der Waals surface area contributed by atoms with E-state index in [0.717, 1.165) is 19.0 Å². The van der Waals surface area contributed by atoms with Gasteiger partial charge in [0.2, 0.25) is 0 Å². The molecule has 0 unspecified atom stereocenters. The second kappa shape index (κ2) is 10.7. The molecule has 1 heterocycles. The molecule has 1 aliphatic rings. The molecule has 0 radical (unpaired) electrons. The Kier molecular flexibility index (Phi) is 9.31. The molecule has 0 aliphatic carbocycles. The molecule has 2 rings (SSSR count). The highest BCUT2D eigenvalue weighted by atomic mass is 127. The van der Waals surface area contributed by atoms with E-state index >= 15 is 0 Å². The number of rotatable bonds is 6. The van der Waals surface area contributed by atoms with Crippen LogP contribution in [0.15, 0.2) is 29.3 Å². The molecular formula is C17H29IN4O. The zero-order chi connectivity index (χ0) is 15.8. The third kappa shape index (κ3) is 6.95. The summed E-state index contributed by atoms with van der Waals surface area (Å²) in [5, 5.41) is 3.02. The average Bonchev–Trinajstić information content (AvgIpc) is 2.54. The first kappa shape index (κ1) is 20.0. The van der Waals surface area contributed by atoms with Crippen molar-refractivity contribution < 1.29 is 4.74 Å². The molecule has 1 aromatic rings. The molecule has 0 atom stereocenters. The quantitative estimate of drug-likeness (QED) is 0.314. The predicted octanol–water partition coefficient (Wildman–Crippen LogP) is 2.59. The lowest BCUT2D eigenvalue weighted by atomic mass is 9.99. The Morgan fingerprint density at radius 1 is 1.30 bits per heavy atom. The van der Waals surface area contributed by atoms with Crippen LogP contribution in [0.5, 0.6) is 0 Å². The molecule has 0 aromatic heterocycles. The summed E-state index contributed by atoms with van der Waals surface area (Å²) in [6.07, 6.45) is 2.57. The molecule has 0 saturated carbocycles. The molecule has 1 saturated heterocycles. The third-order valence-corrected chi connectivity index (χ3v) is 4.13. The molecule has 0 amide bonds. The first-order valence-electron chi connectivity index (χ1n) is 8.05. The van der Waals surface area contributed by atoms with Crippen LogP contribution in [0.1, 0.15) is 25.3 Å². The van der Waals surface area contributed by atoms with Crippen LogP contribution >= 0.6 is 24.0 Å². The number of guanidine groups is 1. The zero-order valence-corrected chi connectivity index (χ0v) is 16.5. The number of nitrogens with two attached hydrogens (primary N) is 1. The van der Waals surface area contributed by atoms with E-state index in [1.54, 1.807) is 7.11 Å². The van der Waals surface area contributed by atoms with Crippen molar-refractivity contribution in [1.29, 1.82) is 0 Å². The van der Waals surface area contributed by atoms with Gasteiger partial charge in [0, 0.05) is 32.4 Å². The molecule has 1 aromatic carbocycles. The number of aliphatic imine (C=N–C) groups is 1. The van der Waals surface area contributed by atoms with Gasteiger partial charge < -0.3 is 20.7 Å². The van der Waals surface area contributed by atoms with E-state index in [1.165, 1.54) is 24.1 Å². The summed E-state index contributed by atoms with van der Waals surface area (Å²) < 4.78 is 4.95. The summed E-state index contributed by atoms with van der Waals surface area (Å²) in [5.41, 5.74) is 8.28. The summed E-state index contributed by atoms with van der Waals surface area (Å²) in [6, 6.07) is 8.66. The molecule has 0 spiro atoms. The summed E-state index contributed by atoms with van der Waals surface area (Å²) in [5.74, 6) is 1.32. The van der Waals surface area contributed by atoms with Crippen molar-refractivity contribution >= 4 is 35.6 Å². The Morgan fingerprint density at radius 3 is 2.57 bits per heavy atom. The number of hydrogen-bond donors (Lipinski definition) is 2. The van der Waals surface area contributed by atoms with Crippen molar-refractivity contribution in [2.24, 2.45) is 16.6 Å². The Hall–Kier alpha value is -1.02. The summed E-state index contributed by atoms with van der Waals surface area (Å²) in [4.78, 5) is 6.80. The topological polar surface area (TPSA) is 62.9 Å². The fourth-order valence-electron chi connectivity index (χ4n) is 2.59. The Balaban J connectivity index is 0.00000264. The molecular weight excluding hydrogens is 403 g/mol. The van der Waals surface area contributed by atoms with E-state index < -0.39 is 0 Å². The van der Waals surface area contributed by atoms with Gasteiger partial charge in [-0.15, -0.1) is 24.0 Å². The van der Waals surface area contributed by atoms with E-state index in [0.29, 0.717) is 25.7 Å². The molecule has 23 heavy (non-hydrogen) atoms. The minimum atomic E-state index is 0. The number of nitrogens with zero attached hydrogens (tertiary/aromatic N) is 2. The van der Waals surface area contributed by atoms with Gasteiger partial charge >= 0.3 is 0 Å². The van der Waals surface area contributed by atoms with E-state index in [1.807, 2.05) is 0 Å². The van der Waals surface area contributed by atoms with Crippen molar-refractivity contribution in [2.45, 2.75) is 26.3 Å². The first-order valence-corrected chi connectivity index (χ1v) is 8.05. The molecule has 3 N–H and O–H groups in total. The van der Waals surface area contributed by atoms with Crippen LogP contribution < -0.4 is 16.0 Å². The molecule has 5 nitrogen and oxygen atoms in total. The lowest BCUT2D eigenvalue weighted by Gasteiger charge is -2.32. The lowest BCUT2D eigenvalue weighted by molar-refractivity contribution is 0.204. The average molecular weight is 432 g/mol. The molecule has 0 bridgehead atoms. The standard InChI is InChI=1S/C17H28N4O.HI/c1-14-7-10-21(11-8-14)16-5-3-15(4-6-16)13-20-17(18)19-9-12-22-2;/h3-6,14H,7-13H2,1-2H3,(H3,18,19,20);1H. The van der Waals surface area contributed by atoms with Gasteiger partial charge in [0.15, 0.2) is 5.96 Å². The number of anilines is 1. The Bertz CT molecular complexity index is 470. The van der Waals surface area contributed by atoms with Crippen molar-refractivity contribution in [3.05, 3.63) is 29.8 Å². The van der Waals surface area contributed by atoms with Crippen LogP contribution in [-0.4, -0.2) is 39.3 Å². The van der Waals surface area contributed by atoms with Gasteiger partial charge in [0.05, 0.1) is 13.2 Å². The van der Waals surface area contributed by atoms with E-state index in [9.17, 15) is 0 Å². The lowest BCUT2D eigenvalue weighted by Crippen LogP contribution is -2.34. The summed E-state index contributed by atoms with van der Waals surface area (Å²) >= 11 is 0. The molecule has 1 aliphatic heterocycles. The van der Waals surface area contributed by atoms with Crippen molar-refractivity contribution in [3.63, 3.8) is 0 Å². The zero-order valence-electron chi connectivity index (χ0n) is 14.1. The van der Waals surface area contributed by atoms with Gasteiger partial charge in [-0.05, 0) is 36.5 Å². The van der Waals surface area contributed by atoms with E-state index in [4.69, 9.17) is 10.5 Å². The van der Waals surface area contributed by atoms with E-state index in [-0.39, 0.29) is 24.0 Å². The monoisotopic (exact) mass is 432 g/mol. The number of nitrogens with one attached hydrogen (secondary N) is 1. The van der Waals surface area contributed by atoms with Crippen molar-refractivity contribution in [1.82, 2.24) is 5.32 Å². The van der Waals surface area contributed by atoms with Gasteiger partial charge in [-0.25, -0.2) is 4.99 Å². The number of methoxy groups -OCH3 is 1. The molecule has 1 fully saturated rings. The largest absolute Gasteiger partial charge is 0.383 e. The first-order chi connectivity index (χ1) is 10.7. The smallest absolute Gasteiger partial charge is 0.188 e. The number of benzene rings is 1. The highest BCUT2D eigenvalue weighted by Gasteiger charge is 2.15. The van der Waals surface area contributed by atoms with E-state index in [2.05, 4.69) is 46.4 Å². The van der Waals surface area contributed by atoms with Crippen molar-refractivity contribution in [3.8, 4) is 0 Å². The Morgan fingerprint density at radius 2 is 1.96 bits per heavy atom. The third-order valence-electron chi connectivity index (χ3n) is 4.13. The SMILES string of the molecule is COCCNC(N)=NCc1ccc(N2CCC(C)CC2)cc1.I. The van der Waals surface area contributed by atoms with Crippen molar-refractivity contribution in [2.75, 3.05) is 38.3 Å². The maximum Gasteiger partial charge on any atom is 0.188 e. The van der Waals surface area contributed by atoms with Crippen LogP contribution in [-0.2, 0) is 11.3 Å². The predicted molar refractivity (Wildman–Crippen MR) is 108 cm³/mol. The van der Waals surface area contributed by atoms with Gasteiger partial charge in [0.25, 0.3) is 0 Å². The molecule has 130 valence electrons. The van der Waals surface area contributed by atoms with Crippen LogP contribution in [0.2, 0.25) is 0 Å². The highest BCUT2D eigenvalue weighted by Crippen LogP contribution is 2.23. The van der Waals surface area contributed by atoms with Crippen LogP contribution in [0.3, 0.4) is 0 Å². The number of hydrogen-bond acceptors (Lipinski definition) is 3. The van der Waals surface area contributed by atoms with Crippen LogP contribution in [0.4, 0.5) is 5.69 Å². The fraction of sp³-hybridized carbons (Fsp3) is 0.588. The molecule has 6 heteroatoms. The van der Waals surface area contributed by atoms with Gasteiger partial charge in [0.1, 0.15) is 0 Å². The second-order valence-corrected chi connectivity index (χ2v) is 5.96. The number of halogens is 1. The summed E-state index contributed by atoms with van der Waals surface area (Å²) in [7, 11) is 1.67. The maximum atomic E-state index is 5.80. The Labute approximate surface area is 156 Å². The number of piperidine rings is 1. The second-order valence-electron chi connectivity index (χ2n) is 5.96. The summed E-state index contributed by atoms with van der Waals surface area (Å²) in [6.45, 7) is 6.56. The fourth-order valence-corrected chi connectivity index (χ4v) is 2.59. The minimum Gasteiger partial charge on any atom is -0.383 e. The van der Waals surface area contributed by atoms with Gasteiger partial charge in [-0.1, -0.05) is 19.1 Å².